The smallest absolute Gasteiger partial charge is 0.213 e. The Morgan fingerprint density at radius 2 is 2.06 bits per heavy atom. The fraction of sp³-hybridized carbons (Fsp3) is 0.615. The highest BCUT2D eigenvalue weighted by Gasteiger charge is 2.02. The average molecular weight is 238 g/mol. The van der Waals surface area contributed by atoms with Gasteiger partial charge in [0.25, 0.3) is 0 Å². The lowest BCUT2D eigenvalue weighted by molar-refractivity contribution is 0.143. The van der Waals surface area contributed by atoms with Crippen LogP contribution >= 0.6 is 0 Å². The highest BCUT2D eigenvalue weighted by molar-refractivity contribution is 5.24. The molecule has 0 saturated carbocycles. The van der Waals surface area contributed by atoms with Gasteiger partial charge < -0.3 is 14.8 Å². The highest BCUT2D eigenvalue weighted by atomic mass is 16.5. The third-order valence-corrected chi connectivity index (χ3v) is 2.24. The van der Waals surface area contributed by atoms with Crippen LogP contribution < -0.4 is 10.1 Å². The molecular formula is C13H22N2O2. The molecule has 1 aromatic heterocycles. The van der Waals surface area contributed by atoms with E-state index in [4.69, 9.17) is 9.47 Å². The molecule has 1 aromatic rings. The van der Waals surface area contributed by atoms with Crippen molar-refractivity contribution >= 4 is 0 Å². The maximum absolute atomic E-state index is 5.51. The number of ether oxygens (including phenoxy) is 2. The van der Waals surface area contributed by atoms with Crippen LogP contribution in [0, 0.1) is 6.92 Å². The van der Waals surface area contributed by atoms with Crippen LogP contribution in [0.3, 0.4) is 0 Å². The van der Waals surface area contributed by atoms with Gasteiger partial charge in [-0.3, -0.25) is 0 Å². The van der Waals surface area contributed by atoms with Gasteiger partial charge in [0.15, 0.2) is 0 Å². The lowest BCUT2D eigenvalue weighted by atomic mass is 10.2. The molecule has 0 saturated heterocycles. The number of aryl methyl sites for hydroxylation is 1. The number of rotatable bonds is 7. The van der Waals surface area contributed by atoms with Crippen LogP contribution in [-0.4, -0.2) is 31.3 Å². The quantitative estimate of drug-likeness (QED) is 0.737. The van der Waals surface area contributed by atoms with Crippen molar-refractivity contribution in [2.24, 2.45) is 0 Å². The zero-order chi connectivity index (χ0) is 12.7. The van der Waals surface area contributed by atoms with Gasteiger partial charge in [-0.05, 0) is 18.6 Å². The maximum atomic E-state index is 5.51. The second-order valence-corrected chi connectivity index (χ2v) is 4.33. The third-order valence-electron chi connectivity index (χ3n) is 2.24. The molecule has 0 unspecified atom stereocenters. The Labute approximate surface area is 103 Å². The molecule has 0 spiro atoms. The second-order valence-electron chi connectivity index (χ2n) is 4.33. The third kappa shape index (κ3) is 5.65. The summed E-state index contributed by atoms with van der Waals surface area (Å²) in [4.78, 5) is 4.33. The summed E-state index contributed by atoms with van der Waals surface area (Å²) in [6.07, 6.45) is 0. The van der Waals surface area contributed by atoms with Gasteiger partial charge in [-0.25, -0.2) is 4.98 Å². The molecule has 0 atom stereocenters. The van der Waals surface area contributed by atoms with E-state index in [-0.39, 0.29) is 0 Å². The fourth-order valence-electron chi connectivity index (χ4n) is 1.43. The predicted octanol–water partition coefficient (Wildman–Crippen LogP) is 1.91. The van der Waals surface area contributed by atoms with Gasteiger partial charge in [-0.1, -0.05) is 13.8 Å². The van der Waals surface area contributed by atoms with Crippen LogP contribution in [0.2, 0.25) is 0 Å². The summed E-state index contributed by atoms with van der Waals surface area (Å²) in [5.41, 5.74) is 2.17. The van der Waals surface area contributed by atoms with Crippen molar-refractivity contribution < 1.29 is 9.47 Å². The molecule has 0 radical (unpaired) electrons. The number of pyridine rings is 1. The Morgan fingerprint density at radius 3 is 2.71 bits per heavy atom. The van der Waals surface area contributed by atoms with Crippen molar-refractivity contribution in [1.82, 2.24) is 10.3 Å². The number of hydrogen-bond donors (Lipinski definition) is 1. The van der Waals surface area contributed by atoms with Crippen LogP contribution in [0.1, 0.15) is 25.1 Å². The van der Waals surface area contributed by atoms with E-state index < -0.39 is 0 Å². The van der Waals surface area contributed by atoms with E-state index in [1.807, 2.05) is 13.0 Å². The van der Waals surface area contributed by atoms with Crippen LogP contribution in [0.15, 0.2) is 12.1 Å². The molecule has 0 fully saturated rings. The average Bonchev–Trinajstić information content (AvgIpc) is 2.26. The molecule has 0 aliphatic heterocycles. The highest BCUT2D eigenvalue weighted by Crippen LogP contribution is 2.12. The van der Waals surface area contributed by atoms with Gasteiger partial charge in [-0.15, -0.1) is 0 Å². The van der Waals surface area contributed by atoms with E-state index in [1.54, 1.807) is 7.11 Å². The molecule has 0 aromatic carbocycles. The van der Waals surface area contributed by atoms with Crippen molar-refractivity contribution in [3.05, 3.63) is 23.4 Å². The molecule has 17 heavy (non-hydrogen) atoms. The van der Waals surface area contributed by atoms with Gasteiger partial charge in [0.05, 0.1) is 6.61 Å². The van der Waals surface area contributed by atoms with Crippen LogP contribution in [0.25, 0.3) is 0 Å². The molecule has 4 nitrogen and oxygen atoms in total. The summed E-state index contributed by atoms with van der Waals surface area (Å²) >= 11 is 0. The Bertz CT molecular complexity index is 340. The Kier molecular flexibility index (Phi) is 5.94. The van der Waals surface area contributed by atoms with Crippen molar-refractivity contribution in [2.45, 2.75) is 33.4 Å². The largest absolute Gasteiger partial charge is 0.475 e. The van der Waals surface area contributed by atoms with Gasteiger partial charge in [0.2, 0.25) is 5.88 Å². The summed E-state index contributed by atoms with van der Waals surface area (Å²) in [6.45, 7) is 8.18. The molecule has 1 rings (SSSR count). The van der Waals surface area contributed by atoms with Gasteiger partial charge >= 0.3 is 0 Å². The first-order chi connectivity index (χ1) is 8.11. The van der Waals surface area contributed by atoms with E-state index in [0.29, 0.717) is 25.1 Å². The van der Waals surface area contributed by atoms with Crippen molar-refractivity contribution in [3.8, 4) is 5.88 Å². The minimum Gasteiger partial charge on any atom is -0.475 e. The molecule has 1 N–H and O–H groups in total. The monoisotopic (exact) mass is 238 g/mol. The van der Waals surface area contributed by atoms with E-state index in [0.717, 1.165) is 12.2 Å². The summed E-state index contributed by atoms with van der Waals surface area (Å²) in [5, 5.41) is 3.38. The first kappa shape index (κ1) is 13.9. The number of nitrogens with one attached hydrogen (secondary N) is 1. The molecule has 0 amide bonds. The van der Waals surface area contributed by atoms with Crippen LogP contribution in [-0.2, 0) is 11.3 Å². The normalized spacial score (nSPS) is 10.9. The van der Waals surface area contributed by atoms with E-state index in [2.05, 4.69) is 30.2 Å². The fourth-order valence-corrected chi connectivity index (χ4v) is 1.43. The maximum Gasteiger partial charge on any atom is 0.213 e. The van der Waals surface area contributed by atoms with E-state index in [1.165, 1.54) is 5.56 Å². The molecule has 0 aliphatic carbocycles. The number of methoxy groups -OCH3 is 1. The van der Waals surface area contributed by atoms with E-state index in [9.17, 15) is 0 Å². The van der Waals surface area contributed by atoms with E-state index >= 15 is 0 Å². The first-order valence-electron chi connectivity index (χ1n) is 5.94. The van der Waals surface area contributed by atoms with Gasteiger partial charge in [0, 0.05) is 31.5 Å². The second kappa shape index (κ2) is 7.25. The molecule has 0 aliphatic rings. The number of hydrogen-bond acceptors (Lipinski definition) is 4. The van der Waals surface area contributed by atoms with Crippen molar-refractivity contribution in [2.75, 3.05) is 20.3 Å². The van der Waals surface area contributed by atoms with Crippen LogP contribution in [0.5, 0.6) is 5.88 Å². The lowest BCUT2D eigenvalue weighted by Gasteiger charge is -2.11. The minimum atomic E-state index is 0.473. The van der Waals surface area contributed by atoms with Gasteiger partial charge in [0.1, 0.15) is 6.61 Å². The summed E-state index contributed by atoms with van der Waals surface area (Å²) in [7, 11) is 1.66. The minimum absolute atomic E-state index is 0.473. The van der Waals surface area contributed by atoms with Gasteiger partial charge in [-0.2, -0.15) is 0 Å². The van der Waals surface area contributed by atoms with Crippen molar-refractivity contribution in [3.63, 3.8) is 0 Å². The summed E-state index contributed by atoms with van der Waals surface area (Å²) in [5.74, 6) is 0.669. The molecule has 0 bridgehead atoms. The summed E-state index contributed by atoms with van der Waals surface area (Å²) in [6, 6.07) is 4.51. The Hall–Kier alpha value is -1.13. The first-order valence-corrected chi connectivity index (χ1v) is 5.94. The number of nitrogens with zero attached hydrogens (tertiary/aromatic N) is 1. The molecular weight excluding hydrogens is 216 g/mol. The van der Waals surface area contributed by atoms with Crippen molar-refractivity contribution in [1.29, 1.82) is 0 Å². The molecule has 1 heterocycles. The Morgan fingerprint density at radius 1 is 1.29 bits per heavy atom. The molecule has 96 valence electrons. The van der Waals surface area contributed by atoms with Crippen LogP contribution in [0.4, 0.5) is 0 Å². The predicted molar refractivity (Wildman–Crippen MR) is 68.3 cm³/mol. The Balaban J connectivity index is 2.59. The molecule has 4 heteroatoms. The lowest BCUT2D eigenvalue weighted by Crippen LogP contribution is -2.22. The SMILES string of the molecule is COCCOc1cc(CNC(C)C)cc(C)n1. The summed E-state index contributed by atoms with van der Waals surface area (Å²) < 4.78 is 10.4. The standard InChI is InChI=1S/C13H22N2O2/c1-10(2)14-9-12-7-11(3)15-13(8-12)17-6-5-16-4/h7-8,10,14H,5-6,9H2,1-4H3. The zero-order valence-corrected chi connectivity index (χ0v) is 11.1. The number of aromatic nitrogens is 1. The zero-order valence-electron chi connectivity index (χ0n) is 11.1. The topological polar surface area (TPSA) is 43.4 Å².